The molecule has 0 radical (unpaired) electrons. The summed E-state index contributed by atoms with van der Waals surface area (Å²) in [5.74, 6) is -0.402. The van der Waals surface area contributed by atoms with Gasteiger partial charge < -0.3 is 15.2 Å². The van der Waals surface area contributed by atoms with E-state index in [0.717, 1.165) is 5.56 Å². The van der Waals surface area contributed by atoms with Crippen LogP contribution in [0.25, 0.3) is 0 Å². The summed E-state index contributed by atoms with van der Waals surface area (Å²) < 4.78 is 28.8. The number of carbonyl (C=O) groups excluding carboxylic acids is 1. The monoisotopic (exact) mass is 342 g/mol. The van der Waals surface area contributed by atoms with Gasteiger partial charge in [-0.15, -0.1) is 0 Å². The third kappa shape index (κ3) is 4.97. The zero-order valence-corrected chi connectivity index (χ0v) is 13.1. The average molecular weight is 342 g/mol. The summed E-state index contributed by atoms with van der Waals surface area (Å²) in [4.78, 5) is 15.8. The molecule has 0 saturated carbocycles. The Kier molecular flexibility index (Phi) is 5.62. The van der Waals surface area contributed by atoms with Crippen LogP contribution in [0.1, 0.15) is 22.8 Å². The lowest BCUT2D eigenvalue weighted by Gasteiger charge is -2.22. The highest BCUT2D eigenvalue weighted by atomic mass is 32.1. The summed E-state index contributed by atoms with van der Waals surface area (Å²) in [6.07, 6.45) is -1.35. The van der Waals surface area contributed by atoms with Gasteiger partial charge in [0.2, 0.25) is 5.88 Å². The van der Waals surface area contributed by atoms with E-state index in [4.69, 9.17) is 4.74 Å². The maximum Gasteiger partial charge on any atom is 0.272 e. The number of aliphatic hydroxyl groups is 1. The van der Waals surface area contributed by atoms with Crippen molar-refractivity contribution in [1.82, 2.24) is 10.3 Å². The van der Waals surface area contributed by atoms with Gasteiger partial charge in [0.1, 0.15) is 5.60 Å². The van der Waals surface area contributed by atoms with Crippen LogP contribution in [-0.2, 0) is 5.60 Å². The van der Waals surface area contributed by atoms with E-state index in [1.807, 2.05) is 10.8 Å². The van der Waals surface area contributed by atoms with E-state index < -0.39 is 24.5 Å². The van der Waals surface area contributed by atoms with E-state index in [1.165, 1.54) is 29.7 Å². The Bertz CT molecular complexity index is 631. The van der Waals surface area contributed by atoms with Crippen LogP contribution in [0.4, 0.5) is 8.78 Å². The fourth-order valence-electron chi connectivity index (χ4n) is 1.78. The fraction of sp³-hybridized carbons (Fsp3) is 0.333. The van der Waals surface area contributed by atoms with Crippen molar-refractivity contribution in [1.29, 1.82) is 0 Å². The number of nitrogens with zero attached hydrogens (tertiary/aromatic N) is 1. The number of halogens is 2. The van der Waals surface area contributed by atoms with E-state index in [1.54, 1.807) is 13.0 Å². The second-order valence-electron chi connectivity index (χ2n) is 5.06. The maximum absolute atomic E-state index is 12.0. The van der Waals surface area contributed by atoms with Crippen LogP contribution in [0.3, 0.4) is 0 Å². The Labute approximate surface area is 135 Å². The predicted octanol–water partition coefficient (Wildman–Crippen LogP) is 2.42. The van der Waals surface area contributed by atoms with Crippen LogP contribution in [-0.4, -0.2) is 35.6 Å². The third-order valence-corrected chi connectivity index (χ3v) is 3.78. The predicted molar refractivity (Wildman–Crippen MR) is 82.0 cm³/mol. The first-order valence-corrected chi connectivity index (χ1v) is 7.73. The first-order chi connectivity index (χ1) is 10.9. The zero-order valence-electron chi connectivity index (χ0n) is 12.3. The highest BCUT2D eigenvalue weighted by Gasteiger charge is 2.24. The van der Waals surface area contributed by atoms with Gasteiger partial charge in [-0.05, 0) is 35.4 Å². The molecule has 5 nitrogen and oxygen atoms in total. The van der Waals surface area contributed by atoms with Crippen molar-refractivity contribution in [3.05, 3.63) is 46.3 Å². The number of hydrogen-bond donors (Lipinski definition) is 2. The van der Waals surface area contributed by atoms with E-state index in [0.29, 0.717) is 0 Å². The fourth-order valence-corrected chi connectivity index (χ4v) is 2.56. The molecule has 1 amide bonds. The lowest BCUT2D eigenvalue weighted by atomic mass is 9.99. The number of alkyl halides is 2. The molecular formula is C15H16F2N2O3S. The first-order valence-electron chi connectivity index (χ1n) is 6.79. The molecule has 0 spiro atoms. The first kappa shape index (κ1) is 17.3. The zero-order chi connectivity index (χ0) is 16.9. The minimum Gasteiger partial charge on any atom is -0.472 e. The van der Waals surface area contributed by atoms with Crippen molar-refractivity contribution in [2.75, 3.05) is 13.2 Å². The van der Waals surface area contributed by atoms with Crippen LogP contribution in [0, 0.1) is 0 Å². The minimum atomic E-state index is -2.58. The Hall–Kier alpha value is -2.06. The van der Waals surface area contributed by atoms with E-state index in [2.05, 4.69) is 10.3 Å². The summed E-state index contributed by atoms with van der Waals surface area (Å²) in [7, 11) is 0. The number of aromatic nitrogens is 1. The molecule has 2 heterocycles. The Balaban J connectivity index is 1.90. The van der Waals surface area contributed by atoms with E-state index >= 15 is 0 Å². The van der Waals surface area contributed by atoms with Gasteiger partial charge in [0.05, 0.1) is 12.1 Å². The van der Waals surface area contributed by atoms with Crippen LogP contribution >= 0.6 is 11.3 Å². The van der Waals surface area contributed by atoms with E-state index in [9.17, 15) is 18.7 Å². The van der Waals surface area contributed by atoms with Gasteiger partial charge >= 0.3 is 0 Å². The van der Waals surface area contributed by atoms with Gasteiger partial charge in [0, 0.05) is 12.3 Å². The SMILES string of the molecule is CC(O)(CNC(=O)c1ccc(OCC(F)F)nc1)c1ccsc1. The summed E-state index contributed by atoms with van der Waals surface area (Å²) in [6, 6.07) is 4.55. The Morgan fingerprint density at radius 3 is 2.83 bits per heavy atom. The Morgan fingerprint density at radius 1 is 1.48 bits per heavy atom. The molecule has 124 valence electrons. The quantitative estimate of drug-likeness (QED) is 0.811. The highest BCUT2D eigenvalue weighted by molar-refractivity contribution is 7.08. The maximum atomic E-state index is 12.0. The molecule has 0 aliphatic carbocycles. The molecular weight excluding hydrogens is 326 g/mol. The molecule has 0 bridgehead atoms. The number of carbonyl (C=O) groups is 1. The smallest absolute Gasteiger partial charge is 0.272 e. The molecule has 0 fully saturated rings. The highest BCUT2D eigenvalue weighted by Crippen LogP contribution is 2.22. The molecule has 8 heteroatoms. The summed E-state index contributed by atoms with van der Waals surface area (Å²) in [5.41, 5.74) is -0.212. The van der Waals surface area contributed by atoms with Crippen LogP contribution in [0.15, 0.2) is 35.2 Å². The number of rotatable bonds is 7. The van der Waals surface area contributed by atoms with Gasteiger partial charge in [-0.2, -0.15) is 11.3 Å². The molecule has 0 aliphatic heterocycles. The number of nitrogens with one attached hydrogen (secondary N) is 1. The van der Waals surface area contributed by atoms with E-state index in [-0.39, 0.29) is 18.0 Å². The topological polar surface area (TPSA) is 71.5 Å². The van der Waals surface area contributed by atoms with Crippen LogP contribution in [0.5, 0.6) is 5.88 Å². The van der Waals surface area contributed by atoms with Gasteiger partial charge in [0.15, 0.2) is 6.61 Å². The molecule has 1 unspecified atom stereocenters. The van der Waals surface area contributed by atoms with Crippen molar-refractivity contribution in [3.63, 3.8) is 0 Å². The van der Waals surface area contributed by atoms with Crippen molar-refractivity contribution in [2.24, 2.45) is 0 Å². The van der Waals surface area contributed by atoms with Gasteiger partial charge in [-0.3, -0.25) is 4.79 Å². The summed E-state index contributed by atoms with van der Waals surface area (Å²) in [6.45, 7) is 0.892. The van der Waals surface area contributed by atoms with Gasteiger partial charge in [0.25, 0.3) is 12.3 Å². The average Bonchev–Trinajstić information content (AvgIpc) is 3.06. The molecule has 23 heavy (non-hydrogen) atoms. The second kappa shape index (κ2) is 7.47. The summed E-state index contributed by atoms with van der Waals surface area (Å²) in [5, 5.41) is 16.6. The van der Waals surface area contributed by atoms with Crippen LogP contribution in [0.2, 0.25) is 0 Å². The minimum absolute atomic E-state index is 0.0205. The van der Waals surface area contributed by atoms with Crippen molar-refractivity contribution >= 4 is 17.2 Å². The molecule has 0 aromatic carbocycles. The number of amides is 1. The van der Waals surface area contributed by atoms with Gasteiger partial charge in [-0.1, -0.05) is 0 Å². The molecule has 1 atom stereocenters. The molecule has 2 aromatic rings. The lowest BCUT2D eigenvalue weighted by molar-refractivity contribution is 0.0530. The molecule has 0 saturated heterocycles. The third-order valence-electron chi connectivity index (χ3n) is 3.09. The largest absolute Gasteiger partial charge is 0.472 e. The number of ether oxygens (including phenoxy) is 1. The van der Waals surface area contributed by atoms with Gasteiger partial charge in [-0.25, -0.2) is 13.8 Å². The standard InChI is InChI=1S/C15H16F2N2O3S/c1-15(21,11-4-5-23-8-11)9-19-14(20)10-2-3-13(18-6-10)22-7-12(16)17/h2-6,8,12,21H,7,9H2,1H3,(H,19,20). The molecule has 2 aromatic heterocycles. The van der Waals surface area contributed by atoms with Crippen LogP contribution < -0.4 is 10.1 Å². The van der Waals surface area contributed by atoms with Crippen molar-refractivity contribution in [3.8, 4) is 5.88 Å². The molecule has 0 aliphatic rings. The summed E-state index contributed by atoms with van der Waals surface area (Å²) >= 11 is 1.46. The Morgan fingerprint density at radius 2 is 2.26 bits per heavy atom. The number of hydrogen-bond acceptors (Lipinski definition) is 5. The second-order valence-corrected chi connectivity index (χ2v) is 5.84. The number of pyridine rings is 1. The normalized spacial score (nSPS) is 13.6. The molecule has 2 N–H and O–H groups in total. The van der Waals surface area contributed by atoms with Crippen molar-refractivity contribution in [2.45, 2.75) is 19.0 Å². The van der Waals surface area contributed by atoms with Crippen molar-refractivity contribution < 1.29 is 23.4 Å². The molecule has 2 rings (SSSR count). The lowest BCUT2D eigenvalue weighted by Crippen LogP contribution is -2.38. The number of thiophene rings is 1.